The summed E-state index contributed by atoms with van der Waals surface area (Å²) in [4.78, 5) is 73.9. The van der Waals surface area contributed by atoms with Crippen molar-refractivity contribution in [2.24, 2.45) is 5.41 Å². The van der Waals surface area contributed by atoms with E-state index >= 15 is 0 Å². The largest absolute Gasteiger partial charge is 0.433 e. The van der Waals surface area contributed by atoms with Gasteiger partial charge in [-0.1, -0.05) is 18.9 Å². The maximum atomic E-state index is 14.4. The number of hydrogen-bond acceptors (Lipinski definition) is 7. The smallest absolute Gasteiger partial charge is 0.355 e. The molecule has 2 bridgehead atoms. The number of aryl methyl sites for hydroxylation is 2. The van der Waals surface area contributed by atoms with Crippen molar-refractivity contribution in [2.45, 2.75) is 109 Å². The number of amides is 3. The fourth-order valence-corrected chi connectivity index (χ4v) is 8.27. The minimum atomic E-state index is -4.68. The summed E-state index contributed by atoms with van der Waals surface area (Å²) in [5.74, 6) is -1.23. The first-order chi connectivity index (χ1) is 24.3. The maximum absolute atomic E-state index is 14.4. The number of nitrogens with one attached hydrogen (secondary N) is 1. The number of ketones is 2. The Morgan fingerprint density at radius 1 is 0.980 bits per heavy atom. The molecule has 5 heterocycles. The van der Waals surface area contributed by atoms with Crippen LogP contribution in [0.4, 0.5) is 18.9 Å². The van der Waals surface area contributed by atoms with Gasteiger partial charge in [-0.25, -0.2) is 4.98 Å². The van der Waals surface area contributed by atoms with Crippen molar-refractivity contribution in [3.63, 3.8) is 0 Å². The Labute approximate surface area is 292 Å². The van der Waals surface area contributed by atoms with Crippen molar-refractivity contribution in [1.82, 2.24) is 25.0 Å². The standard InChI is InChI=1S/C37H41F3N6O5/c1-21-11-12-29(37(38,39)40)42-26(21)16-28(48)27-17-36-18-30(36)46(27)33(51)19-45-35-23(8-5-3-4-6-9-31(49)41-20-36)14-24(44-13-7-10-32(44)50)15-25(35)34(43-45)22(2)47/h11-12,14-15,27,30H,3-10,13,16-20H2,1-2H3,(H,41,49)/t27-,30+,36-/m0/s1. The topological polar surface area (TPSA) is 135 Å². The van der Waals surface area contributed by atoms with Crippen molar-refractivity contribution in [2.75, 3.05) is 18.0 Å². The highest BCUT2D eigenvalue weighted by Gasteiger charge is 2.66. The minimum Gasteiger partial charge on any atom is -0.355 e. The van der Waals surface area contributed by atoms with Crippen LogP contribution < -0.4 is 10.2 Å². The first kappa shape index (κ1) is 34.8. The van der Waals surface area contributed by atoms with Crippen molar-refractivity contribution >= 4 is 45.9 Å². The van der Waals surface area contributed by atoms with Crippen LogP contribution in [0.3, 0.4) is 0 Å². The summed E-state index contributed by atoms with van der Waals surface area (Å²) in [5, 5.41) is 8.21. The van der Waals surface area contributed by atoms with Crippen LogP contribution in [-0.4, -0.2) is 74.1 Å². The summed E-state index contributed by atoms with van der Waals surface area (Å²) >= 11 is 0. The van der Waals surface area contributed by atoms with Crippen molar-refractivity contribution in [3.05, 3.63) is 52.5 Å². The van der Waals surface area contributed by atoms with Crippen LogP contribution in [0.5, 0.6) is 0 Å². The lowest BCUT2D eigenvalue weighted by molar-refractivity contribution is -0.141. The van der Waals surface area contributed by atoms with Gasteiger partial charge in [0, 0.05) is 55.4 Å². The van der Waals surface area contributed by atoms with Crippen molar-refractivity contribution in [1.29, 1.82) is 0 Å². The van der Waals surface area contributed by atoms with Crippen LogP contribution in [0.15, 0.2) is 24.3 Å². The second kappa shape index (κ2) is 13.2. The van der Waals surface area contributed by atoms with Gasteiger partial charge in [0.1, 0.15) is 17.9 Å². The summed E-state index contributed by atoms with van der Waals surface area (Å²) in [5.41, 5.74) is 1.15. The Hall–Kier alpha value is -4.62. The summed E-state index contributed by atoms with van der Waals surface area (Å²) < 4.78 is 42.0. The highest BCUT2D eigenvalue weighted by atomic mass is 19.4. The van der Waals surface area contributed by atoms with Crippen molar-refractivity contribution < 1.29 is 37.1 Å². The molecule has 3 atom stereocenters. The van der Waals surface area contributed by atoms with Gasteiger partial charge in [-0.15, -0.1) is 0 Å². The highest BCUT2D eigenvalue weighted by Crippen LogP contribution is 2.59. The molecule has 2 aromatic heterocycles. The maximum Gasteiger partial charge on any atom is 0.433 e. The third-order valence-electron chi connectivity index (χ3n) is 11.1. The zero-order chi connectivity index (χ0) is 36.2. The summed E-state index contributed by atoms with van der Waals surface area (Å²) in [7, 11) is 0. The molecule has 3 aliphatic heterocycles. The number of halogens is 3. The average molecular weight is 707 g/mol. The van der Waals surface area contributed by atoms with Crippen molar-refractivity contribution in [3.8, 4) is 0 Å². The molecule has 3 aromatic rings. The van der Waals surface area contributed by atoms with E-state index in [1.807, 2.05) is 6.07 Å². The Morgan fingerprint density at radius 2 is 1.75 bits per heavy atom. The molecule has 4 aliphatic rings. The molecule has 11 nitrogen and oxygen atoms in total. The molecule has 1 N–H and O–H groups in total. The quantitative estimate of drug-likeness (QED) is 0.374. The van der Waals surface area contributed by atoms with E-state index in [1.54, 1.807) is 17.9 Å². The molecule has 270 valence electrons. The van der Waals surface area contributed by atoms with Crippen LogP contribution >= 0.6 is 0 Å². The Balaban J connectivity index is 1.27. The van der Waals surface area contributed by atoms with E-state index in [2.05, 4.69) is 15.4 Å². The van der Waals surface area contributed by atoms with E-state index in [0.717, 1.165) is 37.3 Å². The number of benzene rings is 1. The van der Waals surface area contributed by atoms with E-state index in [9.17, 15) is 37.1 Å². The van der Waals surface area contributed by atoms with E-state index in [0.29, 0.717) is 60.8 Å². The van der Waals surface area contributed by atoms with Crippen LogP contribution in [0.25, 0.3) is 10.9 Å². The molecule has 0 unspecified atom stereocenters. The fourth-order valence-electron chi connectivity index (χ4n) is 8.27. The first-order valence-corrected chi connectivity index (χ1v) is 17.7. The normalized spacial score (nSPS) is 24.5. The molecule has 3 fully saturated rings. The van der Waals surface area contributed by atoms with E-state index in [1.165, 1.54) is 22.6 Å². The first-order valence-electron chi connectivity index (χ1n) is 17.7. The minimum absolute atomic E-state index is 0.000655. The third kappa shape index (κ3) is 6.64. The molecular formula is C37H41F3N6O5. The lowest BCUT2D eigenvalue weighted by Gasteiger charge is -2.27. The number of anilines is 1. The predicted octanol–water partition coefficient (Wildman–Crippen LogP) is 4.88. The van der Waals surface area contributed by atoms with Gasteiger partial charge in [0.25, 0.3) is 0 Å². The third-order valence-corrected chi connectivity index (χ3v) is 11.1. The second-order valence-electron chi connectivity index (χ2n) is 14.6. The number of alkyl halides is 3. The van der Waals surface area contributed by atoms with Gasteiger partial charge >= 0.3 is 6.18 Å². The number of Topliss-reactive ketones (excluding diaryl/α,β-unsaturated/α-hetero) is 2. The number of hydrogen-bond donors (Lipinski definition) is 1. The molecule has 2 saturated heterocycles. The Bertz CT molecular complexity index is 1960. The lowest BCUT2D eigenvalue weighted by atomic mass is 9.94. The summed E-state index contributed by atoms with van der Waals surface area (Å²) in [6, 6.07) is 4.61. The van der Waals surface area contributed by atoms with Gasteiger partial charge in [0.05, 0.1) is 23.7 Å². The zero-order valence-electron chi connectivity index (χ0n) is 28.8. The van der Waals surface area contributed by atoms with Gasteiger partial charge in [0.2, 0.25) is 17.7 Å². The number of aromatic nitrogens is 3. The van der Waals surface area contributed by atoms with Gasteiger partial charge < -0.3 is 15.1 Å². The number of pyridine rings is 1. The highest BCUT2D eigenvalue weighted by molar-refractivity contribution is 6.08. The molecule has 0 spiro atoms. The van der Waals surface area contributed by atoms with E-state index in [-0.39, 0.29) is 61.0 Å². The lowest BCUT2D eigenvalue weighted by Crippen LogP contribution is -2.45. The van der Waals surface area contributed by atoms with E-state index < -0.39 is 35.0 Å². The number of carbonyl (C=O) groups is 5. The summed E-state index contributed by atoms with van der Waals surface area (Å²) in [6.07, 6.45) is 1.04. The van der Waals surface area contributed by atoms with Gasteiger partial charge in [-0.05, 0) is 74.8 Å². The number of nitrogens with zero attached hydrogens (tertiary/aromatic N) is 5. The fraction of sp³-hybridized carbons (Fsp3) is 0.541. The van der Waals surface area contributed by atoms with Crippen LogP contribution in [0.2, 0.25) is 0 Å². The molecule has 3 amide bonds. The SMILES string of the molecule is CC(=O)c1nn2c3c(cc(N4CCCC4=O)cc13)CCCCCCC(=O)NC[C@@]13C[C@@H](C(=O)Cc4nc(C(F)(F)F)ccc4C)N(C(=O)C2)[C@@H]1C3. The summed E-state index contributed by atoms with van der Waals surface area (Å²) in [6.45, 7) is 3.58. The molecule has 1 aromatic carbocycles. The zero-order valence-corrected chi connectivity index (χ0v) is 28.8. The van der Waals surface area contributed by atoms with Crippen LogP contribution in [-0.2, 0) is 44.7 Å². The monoisotopic (exact) mass is 706 g/mol. The van der Waals surface area contributed by atoms with Crippen LogP contribution in [0, 0.1) is 12.3 Å². The molecule has 0 radical (unpaired) electrons. The number of piperidine rings is 1. The predicted molar refractivity (Wildman–Crippen MR) is 180 cm³/mol. The van der Waals surface area contributed by atoms with Crippen LogP contribution in [0.1, 0.15) is 97.7 Å². The molecule has 7 rings (SSSR count). The van der Waals surface area contributed by atoms with Gasteiger partial charge in [-0.3, -0.25) is 28.7 Å². The number of carbonyl (C=O) groups excluding carboxylic acids is 5. The average Bonchev–Trinajstić information content (AvgIpc) is 3.33. The molecule has 1 aliphatic carbocycles. The number of rotatable bonds is 5. The second-order valence-corrected chi connectivity index (χ2v) is 14.6. The Morgan fingerprint density at radius 3 is 2.45 bits per heavy atom. The van der Waals surface area contributed by atoms with E-state index in [4.69, 9.17) is 0 Å². The van der Waals surface area contributed by atoms with Gasteiger partial charge in [-0.2, -0.15) is 18.3 Å². The molecule has 51 heavy (non-hydrogen) atoms. The molecule has 1 saturated carbocycles. The Kier molecular flexibility index (Phi) is 8.99. The molecule has 14 heteroatoms. The molecular weight excluding hydrogens is 665 g/mol. The van der Waals surface area contributed by atoms with Gasteiger partial charge in [0.15, 0.2) is 11.6 Å².